The van der Waals surface area contributed by atoms with E-state index in [-0.39, 0.29) is 12.3 Å². The topological polar surface area (TPSA) is 95.6 Å². The zero-order chi connectivity index (χ0) is 23.6. The van der Waals surface area contributed by atoms with Crippen LogP contribution in [0, 0.1) is 17.8 Å². The van der Waals surface area contributed by atoms with Gasteiger partial charge in [0.05, 0.1) is 0 Å². The first kappa shape index (κ1) is 29.6. The van der Waals surface area contributed by atoms with Crippen molar-refractivity contribution in [1.29, 1.82) is 0 Å². The van der Waals surface area contributed by atoms with E-state index < -0.39 is 0 Å². The Bertz CT molecular complexity index is 501. The third kappa shape index (κ3) is 11.2. The molecule has 7 nitrogen and oxygen atoms in total. The number of nitrogens with one attached hydrogen (secondary N) is 2. The van der Waals surface area contributed by atoms with Gasteiger partial charge in [0.15, 0.2) is 0 Å². The second kappa shape index (κ2) is 18.2. The summed E-state index contributed by atoms with van der Waals surface area (Å²) in [5.74, 6) is 2.59. The maximum absolute atomic E-state index is 8.12. The van der Waals surface area contributed by atoms with Gasteiger partial charge in [-0.05, 0) is 76.0 Å². The van der Waals surface area contributed by atoms with Crippen molar-refractivity contribution < 1.29 is 19.2 Å². The van der Waals surface area contributed by atoms with Crippen LogP contribution in [0.3, 0.4) is 0 Å². The largest absolute Gasteiger partial charge is 0.373 e. The molecule has 3 saturated heterocycles. The van der Waals surface area contributed by atoms with E-state index in [0.717, 1.165) is 35.9 Å². The van der Waals surface area contributed by atoms with Crippen molar-refractivity contribution in [3.05, 3.63) is 0 Å². The fraction of sp³-hybridized carbons (Fsp3) is 0.917. The fourth-order valence-corrected chi connectivity index (χ4v) is 5.08. The van der Waals surface area contributed by atoms with E-state index in [9.17, 15) is 0 Å². The SMILES string of the molecule is CCC(C)[C@@H]1CCCN1.CCC(C)[C@@H]1CCCN1C1CCNCC1C.O=C=O.O=C=O. The van der Waals surface area contributed by atoms with Crippen molar-refractivity contribution in [2.75, 3.05) is 26.2 Å². The number of carbonyl (C=O) groups excluding carboxylic acids is 4. The van der Waals surface area contributed by atoms with Crippen LogP contribution in [0.1, 0.15) is 79.6 Å². The van der Waals surface area contributed by atoms with Gasteiger partial charge in [-0.3, -0.25) is 4.90 Å². The van der Waals surface area contributed by atoms with Crippen LogP contribution in [-0.2, 0) is 19.2 Å². The second-order valence-electron chi connectivity index (χ2n) is 9.13. The molecule has 3 aliphatic heterocycles. The molecule has 0 aromatic rings. The Morgan fingerprint density at radius 1 is 0.903 bits per heavy atom. The Hall–Kier alpha value is -1.36. The summed E-state index contributed by atoms with van der Waals surface area (Å²) < 4.78 is 0. The smallest absolute Gasteiger partial charge is 0.316 e. The summed E-state index contributed by atoms with van der Waals surface area (Å²) in [5.41, 5.74) is 0. The highest BCUT2D eigenvalue weighted by Gasteiger charge is 2.36. The fourth-order valence-electron chi connectivity index (χ4n) is 5.08. The van der Waals surface area contributed by atoms with Gasteiger partial charge in [0.25, 0.3) is 0 Å². The van der Waals surface area contributed by atoms with Gasteiger partial charge in [0, 0.05) is 18.1 Å². The first-order valence-electron chi connectivity index (χ1n) is 12.1. The highest BCUT2D eigenvalue weighted by atomic mass is 16.2. The number of hydrogen-bond donors (Lipinski definition) is 2. The monoisotopic (exact) mass is 439 g/mol. The molecule has 0 spiro atoms. The molecule has 3 fully saturated rings. The molecule has 3 heterocycles. The Morgan fingerprint density at radius 3 is 2.00 bits per heavy atom. The van der Waals surface area contributed by atoms with Gasteiger partial charge in [-0.25, -0.2) is 0 Å². The molecule has 180 valence electrons. The highest BCUT2D eigenvalue weighted by molar-refractivity contribution is 5.20. The first-order valence-corrected chi connectivity index (χ1v) is 12.1. The minimum atomic E-state index is 0.250. The summed E-state index contributed by atoms with van der Waals surface area (Å²) >= 11 is 0. The van der Waals surface area contributed by atoms with Crippen LogP contribution < -0.4 is 10.6 Å². The second-order valence-corrected chi connectivity index (χ2v) is 9.13. The van der Waals surface area contributed by atoms with Gasteiger partial charge >= 0.3 is 12.3 Å². The van der Waals surface area contributed by atoms with Crippen LogP contribution in [0.25, 0.3) is 0 Å². The normalized spacial score (nSPS) is 29.5. The molecule has 0 aromatic carbocycles. The molecule has 0 amide bonds. The molecular formula is C24H45N3O4. The predicted octanol–water partition coefficient (Wildman–Crippen LogP) is 3.11. The lowest BCUT2D eigenvalue weighted by molar-refractivity contribution is -0.193. The molecule has 2 N–H and O–H groups in total. The van der Waals surface area contributed by atoms with Gasteiger partial charge < -0.3 is 10.6 Å². The molecule has 4 unspecified atom stereocenters. The van der Waals surface area contributed by atoms with Gasteiger partial charge in [-0.15, -0.1) is 0 Å². The maximum atomic E-state index is 8.12. The van der Waals surface area contributed by atoms with Gasteiger partial charge in [-0.1, -0.05) is 47.5 Å². The summed E-state index contributed by atoms with van der Waals surface area (Å²) in [6.07, 6.45) is 10.1. The van der Waals surface area contributed by atoms with E-state index in [1.54, 1.807) is 0 Å². The summed E-state index contributed by atoms with van der Waals surface area (Å²) in [4.78, 5) is 35.3. The Morgan fingerprint density at radius 2 is 1.52 bits per heavy atom. The Kier molecular flexibility index (Phi) is 17.4. The van der Waals surface area contributed by atoms with Crippen LogP contribution in [0.2, 0.25) is 0 Å². The van der Waals surface area contributed by atoms with Gasteiger partial charge in [0.1, 0.15) is 0 Å². The van der Waals surface area contributed by atoms with Crippen molar-refractivity contribution in [2.45, 2.75) is 97.7 Å². The third-order valence-corrected chi connectivity index (χ3v) is 7.24. The minimum Gasteiger partial charge on any atom is -0.316 e. The average molecular weight is 440 g/mol. The van der Waals surface area contributed by atoms with Crippen molar-refractivity contribution >= 4 is 12.3 Å². The van der Waals surface area contributed by atoms with Crippen molar-refractivity contribution in [3.8, 4) is 0 Å². The molecule has 0 radical (unpaired) electrons. The zero-order valence-electron chi connectivity index (χ0n) is 20.3. The molecule has 0 saturated carbocycles. The van der Waals surface area contributed by atoms with E-state index in [0.29, 0.717) is 0 Å². The summed E-state index contributed by atoms with van der Waals surface area (Å²) in [6, 6.07) is 2.55. The number of nitrogens with zero attached hydrogens (tertiary/aromatic N) is 1. The van der Waals surface area contributed by atoms with Crippen LogP contribution in [0.4, 0.5) is 0 Å². The number of rotatable bonds is 5. The molecule has 0 aliphatic carbocycles. The number of hydrogen-bond acceptors (Lipinski definition) is 7. The van der Waals surface area contributed by atoms with Crippen LogP contribution in [0.5, 0.6) is 0 Å². The van der Waals surface area contributed by atoms with Crippen molar-refractivity contribution in [2.24, 2.45) is 17.8 Å². The van der Waals surface area contributed by atoms with E-state index in [4.69, 9.17) is 19.2 Å². The van der Waals surface area contributed by atoms with Crippen LogP contribution in [-0.4, -0.2) is 61.5 Å². The highest BCUT2D eigenvalue weighted by Crippen LogP contribution is 2.31. The quantitative estimate of drug-likeness (QED) is 0.679. The molecule has 3 aliphatic rings. The van der Waals surface area contributed by atoms with E-state index in [2.05, 4.69) is 50.2 Å². The minimum absolute atomic E-state index is 0.250. The van der Waals surface area contributed by atoms with E-state index in [1.165, 1.54) is 71.1 Å². The summed E-state index contributed by atoms with van der Waals surface area (Å²) in [7, 11) is 0. The average Bonchev–Trinajstić information content (AvgIpc) is 3.47. The number of piperidine rings is 1. The Balaban J connectivity index is 0.000000506. The van der Waals surface area contributed by atoms with Crippen molar-refractivity contribution in [1.82, 2.24) is 15.5 Å². The molecule has 7 heteroatoms. The van der Waals surface area contributed by atoms with Crippen LogP contribution in [0.15, 0.2) is 0 Å². The summed E-state index contributed by atoms with van der Waals surface area (Å²) in [5, 5.41) is 7.03. The van der Waals surface area contributed by atoms with Crippen LogP contribution >= 0.6 is 0 Å². The zero-order valence-corrected chi connectivity index (χ0v) is 20.3. The standard InChI is InChI=1S/C14H28N2.C8H17N.2CO2/c1-4-11(2)13-6-5-9-16(13)14-7-8-15-10-12(14)3;1-3-7(2)8-5-4-6-9-8;2*2-1-3/h11-15H,4-10H2,1-3H3;7-9H,3-6H2,1-2H3;;/t11?,12?,13-,14?;7?,8-;;/m00../s1. The van der Waals surface area contributed by atoms with Crippen molar-refractivity contribution in [3.63, 3.8) is 0 Å². The van der Waals surface area contributed by atoms with Gasteiger partial charge in [-0.2, -0.15) is 19.2 Å². The van der Waals surface area contributed by atoms with Gasteiger partial charge in [0.2, 0.25) is 0 Å². The lowest BCUT2D eigenvalue weighted by atomic mass is 9.90. The first-order chi connectivity index (χ1) is 14.9. The third-order valence-electron chi connectivity index (χ3n) is 7.24. The maximum Gasteiger partial charge on any atom is 0.373 e. The lowest BCUT2D eigenvalue weighted by Gasteiger charge is -2.41. The molecule has 0 aromatic heterocycles. The molecular weight excluding hydrogens is 394 g/mol. The lowest BCUT2D eigenvalue weighted by Crippen LogP contribution is -2.51. The van der Waals surface area contributed by atoms with E-state index in [1.807, 2.05) is 0 Å². The summed E-state index contributed by atoms with van der Waals surface area (Å²) in [6.45, 7) is 16.8. The molecule has 6 atom stereocenters. The molecule has 0 bridgehead atoms. The van der Waals surface area contributed by atoms with E-state index >= 15 is 0 Å². The number of likely N-dealkylation sites (tertiary alicyclic amines) is 1. The molecule has 3 rings (SSSR count). The predicted molar refractivity (Wildman–Crippen MR) is 120 cm³/mol. The molecule has 31 heavy (non-hydrogen) atoms. The Labute approximate surface area is 189 Å².